The highest BCUT2D eigenvalue weighted by molar-refractivity contribution is 5.99. The molecule has 0 heterocycles. The Morgan fingerprint density at radius 3 is 2.44 bits per heavy atom. The van der Waals surface area contributed by atoms with Crippen LogP contribution in [0.25, 0.3) is 0 Å². The molecule has 1 rings (SSSR count). The van der Waals surface area contributed by atoms with Crippen LogP contribution in [0.4, 0.5) is 13.2 Å². The van der Waals surface area contributed by atoms with Crippen molar-refractivity contribution in [3.05, 3.63) is 29.3 Å². The van der Waals surface area contributed by atoms with Gasteiger partial charge in [0.1, 0.15) is 11.3 Å². The summed E-state index contributed by atoms with van der Waals surface area (Å²) in [5, 5.41) is 8.67. The second kappa shape index (κ2) is 4.21. The minimum Gasteiger partial charge on any atom is -0.478 e. The average molecular weight is 234 g/mol. The molecule has 0 radical (unpaired) electrons. The van der Waals surface area contributed by atoms with Gasteiger partial charge < -0.3 is 9.84 Å². The maximum absolute atomic E-state index is 11.9. The quantitative estimate of drug-likeness (QED) is 0.813. The monoisotopic (exact) mass is 234 g/mol. The van der Waals surface area contributed by atoms with Crippen molar-refractivity contribution in [3.8, 4) is 5.75 Å². The van der Waals surface area contributed by atoms with Gasteiger partial charge in [-0.3, -0.25) is 4.79 Å². The number of aldehydes is 1. The Hall–Kier alpha value is -2.05. The molecule has 0 amide bonds. The van der Waals surface area contributed by atoms with Gasteiger partial charge in [0, 0.05) is 5.56 Å². The molecule has 0 fully saturated rings. The Labute approximate surface area is 87.3 Å². The van der Waals surface area contributed by atoms with Crippen molar-refractivity contribution >= 4 is 12.3 Å². The zero-order valence-corrected chi connectivity index (χ0v) is 7.62. The molecule has 0 saturated carbocycles. The second-order valence-electron chi connectivity index (χ2n) is 2.69. The highest BCUT2D eigenvalue weighted by Crippen LogP contribution is 2.27. The van der Waals surface area contributed by atoms with E-state index in [4.69, 9.17) is 5.11 Å². The minimum absolute atomic E-state index is 0.146. The van der Waals surface area contributed by atoms with Gasteiger partial charge in [0.25, 0.3) is 0 Å². The standard InChI is InChI=1S/C9H5F3O4/c10-9(11,12)16-6-3-1-2-5(4-13)7(6)8(14)15/h1-4H,(H,14,15). The molecule has 0 aromatic heterocycles. The number of carbonyl (C=O) groups is 2. The molecule has 16 heavy (non-hydrogen) atoms. The highest BCUT2D eigenvalue weighted by atomic mass is 19.4. The van der Waals surface area contributed by atoms with Gasteiger partial charge in [-0.25, -0.2) is 4.79 Å². The maximum atomic E-state index is 11.9. The van der Waals surface area contributed by atoms with Gasteiger partial charge in [-0.2, -0.15) is 0 Å². The van der Waals surface area contributed by atoms with E-state index in [-0.39, 0.29) is 11.8 Å². The molecular weight excluding hydrogens is 229 g/mol. The van der Waals surface area contributed by atoms with Crippen molar-refractivity contribution in [3.63, 3.8) is 0 Å². The zero-order chi connectivity index (χ0) is 12.3. The van der Waals surface area contributed by atoms with Crippen molar-refractivity contribution in [2.45, 2.75) is 6.36 Å². The lowest BCUT2D eigenvalue weighted by molar-refractivity contribution is -0.274. The number of carboxylic acids is 1. The first kappa shape index (κ1) is 12.0. The van der Waals surface area contributed by atoms with Gasteiger partial charge in [-0.05, 0) is 6.07 Å². The van der Waals surface area contributed by atoms with E-state index < -0.39 is 23.6 Å². The number of aromatic carboxylic acids is 1. The molecule has 0 saturated heterocycles. The SMILES string of the molecule is O=Cc1cccc(OC(F)(F)F)c1C(=O)O. The van der Waals surface area contributed by atoms with Crippen molar-refractivity contribution < 1.29 is 32.6 Å². The van der Waals surface area contributed by atoms with Crippen LogP contribution in [0, 0.1) is 0 Å². The molecule has 1 aromatic rings. The second-order valence-corrected chi connectivity index (χ2v) is 2.69. The third kappa shape index (κ3) is 2.72. The van der Waals surface area contributed by atoms with Crippen molar-refractivity contribution in [2.75, 3.05) is 0 Å². The molecule has 0 unspecified atom stereocenters. The van der Waals surface area contributed by atoms with Crippen LogP contribution in [-0.2, 0) is 0 Å². The summed E-state index contributed by atoms with van der Waals surface area (Å²) < 4.78 is 39.2. The lowest BCUT2D eigenvalue weighted by atomic mass is 10.1. The number of carboxylic acid groups (broad SMARTS) is 1. The number of hydrogen-bond acceptors (Lipinski definition) is 3. The number of rotatable bonds is 3. The predicted molar refractivity (Wildman–Crippen MR) is 45.5 cm³/mol. The van der Waals surface area contributed by atoms with Crippen molar-refractivity contribution in [1.29, 1.82) is 0 Å². The van der Waals surface area contributed by atoms with Crippen LogP contribution >= 0.6 is 0 Å². The van der Waals surface area contributed by atoms with E-state index in [9.17, 15) is 22.8 Å². The fourth-order valence-corrected chi connectivity index (χ4v) is 1.08. The summed E-state index contributed by atoms with van der Waals surface area (Å²) in [6.45, 7) is 0. The smallest absolute Gasteiger partial charge is 0.478 e. The Kier molecular flexibility index (Phi) is 3.17. The van der Waals surface area contributed by atoms with Crippen LogP contribution in [0.1, 0.15) is 20.7 Å². The summed E-state index contributed by atoms with van der Waals surface area (Å²) in [6, 6.07) is 3.00. The lowest BCUT2D eigenvalue weighted by Gasteiger charge is -2.11. The molecule has 0 aliphatic rings. The van der Waals surface area contributed by atoms with Gasteiger partial charge in [0.05, 0.1) is 0 Å². The zero-order valence-electron chi connectivity index (χ0n) is 7.62. The third-order valence-electron chi connectivity index (χ3n) is 1.62. The fourth-order valence-electron chi connectivity index (χ4n) is 1.08. The van der Waals surface area contributed by atoms with E-state index in [1.165, 1.54) is 0 Å². The van der Waals surface area contributed by atoms with Crippen LogP contribution in [-0.4, -0.2) is 23.7 Å². The third-order valence-corrected chi connectivity index (χ3v) is 1.62. The van der Waals surface area contributed by atoms with E-state index in [0.717, 1.165) is 18.2 Å². The fraction of sp³-hybridized carbons (Fsp3) is 0.111. The van der Waals surface area contributed by atoms with Crippen LogP contribution in [0.3, 0.4) is 0 Å². The largest absolute Gasteiger partial charge is 0.573 e. The van der Waals surface area contributed by atoms with Crippen LogP contribution in [0.5, 0.6) is 5.75 Å². The molecule has 0 spiro atoms. The first-order chi connectivity index (χ1) is 7.35. The molecule has 4 nitrogen and oxygen atoms in total. The lowest BCUT2D eigenvalue weighted by Crippen LogP contribution is -2.19. The Balaban J connectivity index is 3.28. The van der Waals surface area contributed by atoms with E-state index in [0.29, 0.717) is 0 Å². The average Bonchev–Trinajstić information content (AvgIpc) is 2.14. The minimum atomic E-state index is -5.01. The topological polar surface area (TPSA) is 63.6 Å². The first-order valence-corrected chi connectivity index (χ1v) is 3.92. The molecule has 86 valence electrons. The van der Waals surface area contributed by atoms with Gasteiger partial charge in [-0.15, -0.1) is 13.2 Å². The summed E-state index contributed by atoms with van der Waals surface area (Å²) in [4.78, 5) is 21.1. The van der Waals surface area contributed by atoms with Crippen LogP contribution < -0.4 is 4.74 Å². The Morgan fingerprint density at radius 2 is 2.00 bits per heavy atom. The van der Waals surface area contributed by atoms with Crippen molar-refractivity contribution in [1.82, 2.24) is 0 Å². The van der Waals surface area contributed by atoms with E-state index >= 15 is 0 Å². The molecule has 0 aliphatic carbocycles. The van der Waals surface area contributed by atoms with Crippen molar-refractivity contribution in [2.24, 2.45) is 0 Å². The van der Waals surface area contributed by atoms with Gasteiger partial charge in [0.2, 0.25) is 0 Å². The summed E-state index contributed by atoms with van der Waals surface area (Å²) in [5.74, 6) is -2.58. The molecule has 1 N–H and O–H groups in total. The number of alkyl halides is 3. The van der Waals surface area contributed by atoms with E-state index in [1.54, 1.807) is 0 Å². The molecule has 7 heteroatoms. The number of hydrogen-bond donors (Lipinski definition) is 1. The Morgan fingerprint density at radius 1 is 1.38 bits per heavy atom. The summed E-state index contributed by atoms with van der Waals surface area (Å²) in [7, 11) is 0. The highest BCUT2D eigenvalue weighted by Gasteiger charge is 2.33. The molecule has 0 atom stereocenters. The van der Waals surface area contributed by atoms with Crippen LogP contribution in [0.2, 0.25) is 0 Å². The normalized spacial score (nSPS) is 10.9. The number of ether oxygens (including phenoxy) is 1. The molecule has 0 bridgehead atoms. The van der Waals surface area contributed by atoms with Gasteiger partial charge in [-0.1, -0.05) is 12.1 Å². The van der Waals surface area contributed by atoms with E-state index in [1.807, 2.05) is 0 Å². The first-order valence-electron chi connectivity index (χ1n) is 3.92. The van der Waals surface area contributed by atoms with Gasteiger partial charge >= 0.3 is 12.3 Å². The molecule has 1 aromatic carbocycles. The maximum Gasteiger partial charge on any atom is 0.573 e. The Bertz CT molecular complexity index is 425. The molecule has 0 aliphatic heterocycles. The van der Waals surface area contributed by atoms with Crippen LogP contribution in [0.15, 0.2) is 18.2 Å². The summed E-state index contributed by atoms with van der Waals surface area (Å²) in [5.41, 5.74) is -1.19. The number of halogens is 3. The summed E-state index contributed by atoms with van der Waals surface area (Å²) in [6.07, 6.45) is -4.86. The number of benzene rings is 1. The summed E-state index contributed by atoms with van der Waals surface area (Å²) >= 11 is 0. The van der Waals surface area contributed by atoms with Gasteiger partial charge in [0.15, 0.2) is 6.29 Å². The van der Waals surface area contributed by atoms with E-state index in [2.05, 4.69) is 4.74 Å². The number of carbonyl (C=O) groups excluding carboxylic acids is 1. The predicted octanol–water partition coefficient (Wildman–Crippen LogP) is 2.10. The molecular formula is C9H5F3O4.